The van der Waals surface area contributed by atoms with E-state index < -0.39 is 0 Å². The third-order valence-electron chi connectivity index (χ3n) is 4.44. The lowest BCUT2D eigenvalue weighted by Gasteiger charge is -2.23. The van der Waals surface area contributed by atoms with Gasteiger partial charge in [0.15, 0.2) is 0 Å². The van der Waals surface area contributed by atoms with Gasteiger partial charge in [0.1, 0.15) is 11.5 Å². The van der Waals surface area contributed by atoms with E-state index in [0.717, 1.165) is 24.5 Å². The first-order valence-corrected chi connectivity index (χ1v) is 7.88. The Morgan fingerprint density at radius 3 is 2.10 bits per heavy atom. The van der Waals surface area contributed by atoms with Crippen molar-refractivity contribution in [2.45, 2.75) is 54.0 Å². The zero-order valence-electron chi connectivity index (χ0n) is 14.1. The van der Waals surface area contributed by atoms with E-state index in [2.05, 4.69) is 65.1 Å². The molecule has 2 rings (SSSR count). The highest BCUT2D eigenvalue weighted by atomic mass is 16.3. The Labute approximate surface area is 128 Å². The molecule has 0 amide bonds. The summed E-state index contributed by atoms with van der Waals surface area (Å²) in [5, 5.41) is 3.59. The quantitative estimate of drug-likeness (QED) is 0.855. The molecule has 0 saturated heterocycles. The number of aryl methyl sites for hydroxylation is 3. The van der Waals surface area contributed by atoms with E-state index in [1.54, 1.807) is 0 Å². The van der Waals surface area contributed by atoms with Crippen molar-refractivity contribution in [2.24, 2.45) is 0 Å². The average molecular weight is 285 g/mol. The van der Waals surface area contributed by atoms with Crippen molar-refractivity contribution in [3.63, 3.8) is 0 Å². The second kappa shape index (κ2) is 6.48. The Hall–Kier alpha value is -1.54. The van der Waals surface area contributed by atoms with Gasteiger partial charge in [0.05, 0.1) is 6.04 Å². The van der Waals surface area contributed by atoms with Gasteiger partial charge in [-0.1, -0.05) is 19.9 Å². The Balaban J connectivity index is 2.57. The van der Waals surface area contributed by atoms with Gasteiger partial charge in [-0.3, -0.25) is 0 Å². The highest BCUT2D eigenvalue weighted by Crippen LogP contribution is 2.32. The van der Waals surface area contributed by atoms with Gasteiger partial charge in [0, 0.05) is 6.42 Å². The summed E-state index contributed by atoms with van der Waals surface area (Å²) in [5.41, 5.74) is 6.78. The van der Waals surface area contributed by atoms with Gasteiger partial charge >= 0.3 is 0 Å². The monoisotopic (exact) mass is 285 g/mol. The number of nitrogens with one attached hydrogen (secondary N) is 1. The van der Waals surface area contributed by atoms with Gasteiger partial charge in [-0.15, -0.1) is 0 Å². The summed E-state index contributed by atoms with van der Waals surface area (Å²) in [6.45, 7) is 14.0. The Bertz CT molecular complexity index is 598. The summed E-state index contributed by atoms with van der Waals surface area (Å²) in [5.74, 6) is 2.07. The zero-order valence-corrected chi connectivity index (χ0v) is 14.1. The van der Waals surface area contributed by atoms with Crippen LogP contribution in [-0.2, 0) is 6.42 Å². The predicted octanol–water partition coefficient (Wildman–Crippen LogP) is 4.77. The molecule has 2 aromatic rings. The van der Waals surface area contributed by atoms with Gasteiger partial charge < -0.3 is 9.73 Å². The molecule has 2 nitrogen and oxygen atoms in total. The van der Waals surface area contributed by atoms with Crippen LogP contribution in [0.1, 0.15) is 59.2 Å². The fourth-order valence-corrected chi connectivity index (χ4v) is 2.97. The SMILES string of the molecule is CCNC(c1ccc(CC)o1)c1c(C)c(C)cc(C)c1C. The summed E-state index contributed by atoms with van der Waals surface area (Å²) < 4.78 is 6.03. The first-order valence-electron chi connectivity index (χ1n) is 7.88. The minimum atomic E-state index is 0.133. The number of hydrogen-bond donors (Lipinski definition) is 1. The highest BCUT2D eigenvalue weighted by molar-refractivity contribution is 5.47. The van der Waals surface area contributed by atoms with Crippen molar-refractivity contribution < 1.29 is 4.42 Å². The molecular weight excluding hydrogens is 258 g/mol. The van der Waals surface area contributed by atoms with E-state index in [9.17, 15) is 0 Å². The Kier molecular flexibility index (Phi) is 4.89. The van der Waals surface area contributed by atoms with Crippen LogP contribution < -0.4 is 5.32 Å². The normalized spacial score (nSPS) is 12.7. The van der Waals surface area contributed by atoms with Crippen LogP contribution in [0.4, 0.5) is 0 Å². The minimum Gasteiger partial charge on any atom is -0.464 e. The molecule has 0 saturated carbocycles. The second-order valence-corrected chi connectivity index (χ2v) is 5.82. The molecule has 0 aliphatic rings. The van der Waals surface area contributed by atoms with E-state index in [1.165, 1.54) is 27.8 Å². The molecule has 1 aromatic heterocycles. The maximum absolute atomic E-state index is 6.03. The lowest BCUT2D eigenvalue weighted by Crippen LogP contribution is -2.24. The molecule has 1 N–H and O–H groups in total. The van der Waals surface area contributed by atoms with Crippen LogP contribution in [0.2, 0.25) is 0 Å². The van der Waals surface area contributed by atoms with Crippen molar-refractivity contribution in [1.29, 1.82) is 0 Å². The number of furan rings is 1. The third kappa shape index (κ3) is 3.06. The zero-order chi connectivity index (χ0) is 15.6. The van der Waals surface area contributed by atoms with Gasteiger partial charge in [0.2, 0.25) is 0 Å². The molecule has 0 spiro atoms. The predicted molar refractivity (Wildman–Crippen MR) is 89.0 cm³/mol. The molecule has 0 aliphatic carbocycles. The maximum Gasteiger partial charge on any atom is 0.125 e. The summed E-state index contributed by atoms with van der Waals surface area (Å²) in [6, 6.07) is 6.61. The van der Waals surface area contributed by atoms with Crippen LogP contribution in [0.3, 0.4) is 0 Å². The van der Waals surface area contributed by atoms with E-state index in [-0.39, 0.29) is 6.04 Å². The third-order valence-corrected chi connectivity index (χ3v) is 4.44. The van der Waals surface area contributed by atoms with Crippen molar-refractivity contribution in [3.05, 3.63) is 57.5 Å². The lowest BCUT2D eigenvalue weighted by molar-refractivity contribution is 0.424. The topological polar surface area (TPSA) is 25.2 Å². The Morgan fingerprint density at radius 1 is 1.00 bits per heavy atom. The van der Waals surface area contributed by atoms with Gasteiger partial charge in [0.25, 0.3) is 0 Å². The van der Waals surface area contributed by atoms with Gasteiger partial charge in [-0.2, -0.15) is 0 Å². The molecule has 1 atom stereocenters. The number of benzene rings is 1. The van der Waals surface area contributed by atoms with Crippen molar-refractivity contribution in [2.75, 3.05) is 6.54 Å². The molecule has 0 fully saturated rings. The van der Waals surface area contributed by atoms with Gasteiger partial charge in [-0.05, 0) is 74.2 Å². The summed E-state index contributed by atoms with van der Waals surface area (Å²) in [6.07, 6.45) is 0.934. The second-order valence-electron chi connectivity index (χ2n) is 5.82. The number of hydrogen-bond acceptors (Lipinski definition) is 2. The van der Waals surface area contributed by atoms with E-state index in [1.807, 2.05) is 0 Å². The van der Waals surface area contributed by atoms with Crippen LogP contribution in [0.25, 0.3) is 0 Å². The van der Waals surface area contributed by atoms with Crippen LogP contribution >= 0.6 is 0 Å². The molecule has 1 aromatic carbocycles. The first-order chi connectivity index (χ1) is 9.99. The molecule has 0 bridgehead atoms. The standard InChI is InChI=1S/C19H27NO/c1-7-16-9-10-17(21-16)19(20-8-2)18-14(5)12(3)11-13(4)15(18)6/h9-11,19-20H,7-8H2,1-6H3. The fourth-order valence-electron chi connectivity index (χ4n) is 2.97. The average Bonchev–Trinajstić information content (AvgIpc) is 2.93. The minimum absolute atomic E-state index is 0.133. The van der Waals surface area contributed by atoms with Crippen molar-refractivity contribution in [3.8, 4) is 0 Å². The summed E-state index contributed by atoms with van der Waals surface area (Å²) >= 11 is 0. The van der Waals surface area contributed by atoms with E-state index in [4.69, 9.17) is 4.42 Å². The maximum atomic E-state index is 6.03. The van der Waals surface area contributed by atoms with Crippen molar-refractivity contribution in [1.82, 2.24) is 5.32 Å². The van der Waals surface area contributed by atoms with Crippen molar-refractivity contribution >= 4 is 0 Å². The van der Waals surface area contributed by atoms with Crippen LogP contribution in [-0.4, -0.2) is 6.54 Å². The smallest absolute Gasteiger partial charge is 0.125 e. The largest absolute Gasteiger partial charge is 0.464 e. The molecule has 0 radical (unpaired) electrons. The molecule has 2 heteroatoms. The molecule has 1 unspecified atom stereocenters. The summed E-state index contributed by atoms with van der Waals surface area (Å²) in [7, 11) is 0. The molecule has 114 valence electrons. The van der Waals surface area contributed by atoms with Gasteiger partial charge in [-0.25, -0.2) is 0 Å². The molecule has 0 aliphatic heterocycles. The van der Waals surface area contributed by atoms with E-state index in [0.29, 0.717) is 0 Å². The molecule has 1 heterocycles. The van der Waals surface area contributed by atoms with Crippen LogP contribution in [0, 0.1) is 27.7 Å². The fraction of sp³-hybridized carbons (Fsp3) is 0.474. The molecule has 21 heavy (non-hydrogen) atoms. The highest BCUT2D eigenvalue weighted by Gasteiger charge is 2.22. The van der Waals surface area contributed by atoms with Crippen LogP contribution in [0.15, 0.2) is 22.6 Å². The molecular formula is C19H27NO. The summed E-state index contributed by atoms with van der Waals surface area (Å²) in [4.78, 5) is 0. The van der Waals surface area contributed by atoms with E-state index >= 15 is 0 Å². The van der Waals surface area contributed by atoms with Crippen LogP contribution in [0.5, 0.6) is 0 Å². The number of rotatable bonds is 5. The Morgan fingerprint density at radius 2 is 1.62 bits per heavy atom. The first kappa shape index (κ1) is 15.8. The lowest BCUT2D eigenvalue weighted by atomic mass is 9.88.